The van der Waals surface area contributed by atoms with Gasteiger partial charge in [0.15, 0.2) is 0 Å². The molecule has 2 aliphatic carbocycles. The molecule has 0 unspecified atom stereocenters. The van der Waals surface area contributed by atoms with Gasteiger partial charge in [0, 0.05) is 17.4 Å². The van der Waals surface area contributed by atoms with Crippen molar-refractivity contribution < 1.29 is 14.3 Å². The number of methoxy groups -OCH3 is 1. The standard InChI is InChI=1S/C23H31NO3S/c1-15-6-8-16(9-7-15)21(25)24(17-10-11-17)19-14-18(12-13-23(2,3)4)28-20(19)22(26)27-5/h14-17H,6-11H2,1-5H3/t15-,16-. The minimum Gasteiger partial charge on any atom is -0.465 e. The van der Waals surface area contributed by atoms with E-state index in [1.165, 1.54) is 18.4 Å². The molecule has 0 bridgehead atoms. The molecule has 5 heteroatoms. The van der Waals surface area contributed by atoms with Crippen molar-refractivity contribution in [2.45, 2.75) is 72.3 Å². The number of nitrogens with zero attached hydrogens (tertiary/aromatic N) is 1. The largest absolute Gasteiger partial charge is 0.465 e. The number of amides is 1. The van der Waals surface area contributed by atoms with Crippen LogP contribution in [0.2, 0.25) is 0 Å². The molecule has 1 aromatic heterocycles. The molecule has 2 saturated carbocycles. The number of rotatable bonds is 4. The Labute approximate surface area is 172 Å². The molecule has 1 aromatic rings. The van der Waals surface area contributed by atoms with Gasteiger partial charge in [0.25, 0.3) is 0 Å². The van der Waals surface area contributed by atoms with Crippen molar-refractivity contribution in [1.82, 2.24) is 0 Å². The summed E-state index contributed by atoms with van der Waals surface area (Å²) < 4.78 is 5.01. The van der Waals surface area contributed by atoms with Gasteiger partial charge in [-0.3, -0.25) is 4.79 Å². The van der Waals surface area contributed by atoms with E-state index in [1.54, 1.807) is 0 Å². The van der Waals surface area contributed by atoms with Crippen molar-refractivity contribution in [2.24, 2.45) is 17.3 Å². The van der Waals surface area contributed by atoms with Crippen LogP contribution in [0, 0.1) is 29.1 Å². The van der Waals surface area contributed by atoms with Gasteiger partial charge in [-0.2, -0.15) is 0 Å². The monoisotopic (exact) mass is 401 g/mol. The van der Waals surface area contributed by atoms with E-state index in [0.717, 1.165) is 43.4 Å². The highest BCUT2D eigenvalue weighted by molar-refractivity contribution is 7.15. The Bertz CT molecular complexity index is 796. The van der Waals surface area contributed by atoms with Crippen molar-refractivity contribution in [3.05, 3.63) is 15.8 Å². The lowest BCUT2D eigenvalue weighted by Crippen LogP contribution is -2.39. The van der Waals surface area contributed by atoms with Gasteiger partial charge in [0.05, 0.1) is 17.7 Å². The molecular weight excluding hydrogens is 370 g/mol. The first-order valence-corrected chi connectivity index (χ1v) is 11.1. The molecule has 0 radical (unpaired) electrons. The smallest absolute Gasteiger partial charge is 0.350 e. The molecule has 0 saturated heterocycles. The van der Waals surface area contributed by atoms with Crippen LogP contribution in [0.4, 0.5) is 5.69 Å². The predicted octanol–water partition coefficient (Wildman–Crippen LogP) is 5.25. The van der Waals surface area contributed by atoms with Crippen molar-refractivity contribution in [1.29, 1.82) is 0 Å². The first kappa shape index (κ1) is 20.9. The van der Waals surface area contributed by atoms with Crippen LogP contribution in [-0.4, -0.2) is 25.0 Å². The van der Waals surface area contributed by atoms with E-state index >= 15 is 0 Å². The fourth-order valence-corrected chi connectivity index (χ4v) is 4.56. The zero-order valence-electron chi connectivity index (χ0n) is 17.6. The third-order valence-corrected chi connectivity index (χ3v) is 6.44. The molecule has 1 heterocycles. The van der Waals surface area contributed by atoms with Gasteiger partial charge in [0.1, 0.15) is 4.88 Å². The molecular formula is C23H31NO3S. The lowest BCUT2D eigenvalue weighted by atomic mass is 9.82. The number of carbonyl (C=O) groups is 2. The van der Waals surface area contributed by atoms with Gasteiger partial charge in [-0.25, -0.2) is 4.79 Å². The second kappa shape index (κ2) is 8.29. The maximum absolute atomic E-state index is 13.4. The number of ether oxygens (including phenoxy) is 1. The highest BCUT2D eigenvalue weighted by Gasteiger charge is 2.40. The van der Waals surface area contributed by atoms with Crippen LogP contribution in [0.1, 0.15) is 80.8 Å². The fraction of sp³-hybridized carbons (Fsp3) is 0.652. The Balaban J connectivity index is 1.95. The summed E-state index contributed by atoms with van der Waals surface area (Å²) in [4.78, 5) is 29.1. The van der Waals surface area contributed by atoms with Crippen molar-refractivity contribution >= 4 is 28.9 Å². The molecule has 2 aliphatic rings. The third kappa shape index (κ3) is 4.97. The normalized spacial score (nSPS) is 22.2. The van der Waals surface area contributed by atoms with Gasteiger partial charge < -0.3 is 9.64 Å². The maximum atomic E-state index is 13.4. The van der Waals surface area contributed by atoms with E-state index in [-0.39, 0.29) is 29.3 Å². The van der Waals surface area contributed by atoms with Crippen LogP contribution >= 0.6 is 11.3 Å². The summed E-state index contributed by atoms with van der Waals surface area (Å²) in [6.45, 7) is 8.42. The Hall–Kier alpha value is -1.80. The molecule has 0 N–H and O–H groups in total. The second-order valence-electron chi connectivity index (χ2n) is 9.21. The van der Waals surface area contributed by atoms with Crippen LogP contribution < -0.4 is 4.90 Å². The molecule has 4 nitrogen and oxygen atoms in total. The third-order valence-electron chi connectivity index (χ3n) is 5.42. The van der Waals surface area contributed by atoms with Gasteiger partial charge >= 0.3 is 5.97 Å². The molecule has 0 aromatic carbocycles. The van der Waals surface area contributed by atoms with E-state index in [4.69, 9.17) is 4.74 Å². The number of hydrogen-bond acceptors (Lipinski definition) is 4. The van der Waals surface area contributed by atoms with Crippen LogP contribution in [0.15, 0.2) is 6.07 Å². The molecule has 28 heavy (non-hydrogen) atoms. The Morgan fingerprint density at radius 1 is 1.14 bits per heavy atom. The topological polar surface area (TPSA) is 46.6 Å². The van der Waals surface area contributed by atoms with Gasteiger partial charge in [-0.05, 0) is 71.3 Å². The molecule has 0 atom stereocenters. The first-order valence-electron chi connectivity index (χ1n) is 10.3. The van der Waals surface area contributed by atoms with E-state index in [1.807, 2.05) is 11.0 Å². The van der Waals surface area contributed by atoms with E-state index in [2.05, 4.69) is 39.5 Å². The summed E-state index contributed by atoms with van der Waals surface area (Å²) >= 11 is 1.33. The Morgan fingerprint density at radius 3 is 2.32 bits per heavy atom. The number of thiophene rings is 1. The Kier molecular flexibility index (Phi) is 6.19. The van der Waals surface area contributed by atoms with E-state index < -0.39 is 0 Å². The van der Waals surface area contributed by atoms with Crippen LogP contribution in [0.25, 0.3) is 0 Å². The van der Waals surface area contributed by atoms with Gasteiger partial charge in [0.2, 0.25) is 5.91 Å². The van der Waals surface area contributed by atoms with Crippen molar-refractivity contribution in [3.63, 3.8) is 0 Å². The summed E-state index contributed by atoms with van der Waals surface area (Å²) in [7, 11) is 1.39. The summed E-state index contributed by atoms with van der Waals surface area (Å²) in [6.07, 6.45) is 6.08. The fourth-order valence-electron chi connectivity index (χ4n) is 3.64. The number of anilines is 1. The zero-order valence-corrected chi connectivity index (χ0v) is 18.4. The van der Waals surface area contributed by atoms with E-state index in [9.17, 15) is 9.59 Å². The van der Waals surface area contributed by atoms with Gasteiger partial charge in [-0.1, -0.05) is 18.8 Å². The first-order chi connectivity index (χ1) is 13.2. The summed E-state index contributed by atoms with van der Waals surface area (Å²) in [5, 5.41) is 0. The summed E-state index contributed by atoms with van der Waals surface area (Å²) in [5.41, 5.74) is 0.571. The second-order valence-corrected chi connectivity index (χ2v) is 10.3. The average Bonchev–Trinajstić information content (AvgIpc) is 3.38. The molecule has 0 aliphatic heterocycles. The van der Waals surface area contributed by atoms with Crippen LogP contribution in [0.3, 0.4) is 0 Å². The predicted molar refractivity (Wildman–Crippen MR) is 114 cm³/mol. The Morgan fingerprint density at radius 2 is 1.79 bits per heavy atom. The lowest BCUT2D eigenvalue weighted by molar-refractivity contribution is -0.123. The molecule has 1 amide bonds. The SMILES string of the molecule is COC(=O)c1sc(C#CC(C)(C)C)cc1N(C(=O)[C@H]1CC[C@H](C)CC1)C1CC1. The number of esters is 1. The van der Waals surface area contributed by atoms with Crippen LogP contribution in [0.5, 0.6) is 0 Å². The minimum atomic E-state index is -0.389. The molecule has 152 valence electrons. The highest BCUT2D eigenvalue weighted by atomic mass is 32.1. The molecule has 3 rings (SSSR count). The van der Waals surface area contributed by atoms with Crippen molar-refractivity contribution in [3.8, 4) is 11.8 Å². The zero-order chi connectivity index (χ0) is 20.5. The highest BCUT2D eigenvalue weighted by Crippen LogP contribution is 2.41. The summed E-state index contributed by atoms with van der Waals surface area (Å²) in [5.74, 6) is 6.95. The van der Waals surface area contributed by atoms with Crippen LogP contribution in [-0.2, 0) is 9.53 Å². The minimum absolute atomic E-state index is 0.0614. The number of hydrogen-bond donors (Lipinski definition) is 0. The lowest BCUT2D eigenvalue weighted by Gasteiger charge is -2.31. The quantitative estimate of drug-likeness (QED) is 0.511. The molecule has 0 spiro atoms. The molecule has 2 fully saturated rings. The van der Waals surface area contributed by atoms with Crippen molar-refractivity contribution in [2.75, 3.05) is 12.0 Å². The summed E-state index contributed by atoms with van der Waals surface area (Å²) in [6, 6.07) is 2.12. The van der Waals surface area contributed by atoms with Gasteiger partial charge in [-0.15, -0.1) is 11.3 Å². The van der Waals surface area contributed by atoms with E-state index in [0.29, 0.717) is 16.5 Å². The number of carbonyl (C=O) groups excluding carboxylic acids is 2. The maximum Gasteiger partial charge on any atom is 0.350 e. The average molecular weight is 402 g/mol.